The number of para-hydroxylation sites is 1. The molecule has 2 heterocycles. The van der Waals surface area contributed by atoms with Gasteiger partial charge in [0.2, 0.25) is 0 Å². The predicted molar refractivity (Wildman–Crippen MR) is 59.9 cm³/mol. The first-order valence-corrected chi connectivity index (χ1v) is 5.27. The molecule has 0 unspecified atom stereocenters. The standard InChI is InChI=1S/C11H12N4O/c12-8-4-1-3-7(10(8)16)11-14-13-9-5-2-6-15(9)11/h1,3-4,16H,2,5-6,12H2. The number of nitrogens with zero attached hydrogens (tertiary/aromatic N) is 3. The van der Waals surface area contributed by atoms with Crippen LogP contribution in [0.25, 0.3) is 11.4 Å². The average Bonchev–Trinajstić information content (AvgIpc) is 2.84. The number of phenols is 1. The minimum Gasteiger partial charge on any atom is -0.505 e. The zero-order valence-corrected chi connectivity index (χ0v) is 8.72. The highest BCUT2D eigenvalue weighted by atomic mass is 16.3. The number of aryl methyl sites for hydroxylation is 1. The summed E-state index contributed by atoms with van der Waals surface area (Å²) in [7, 11) is 0. The molecule has 1 aromatic carbocycles. The average molecular weight is 216 g/mol. The van der Waals surface area contributed by atoms with Crippen LogP contribution < -0.4 is 5.73 Å². The molecule has 0 radical (unpaired) electrons. The lowest BCUT2D eigenvalue weighted by atomic mass is 10.1. The second-order valence-electron chi connectivity index (χ2n) is 3.94. The zero-order chi connectivity index (χ0) is 11.1. The number of phenolic OH excluding ortho intramolecular Hbond substituents is 1. The number of aromatic hydroxyl groups is 1. The van der Waals surface area contributed by atoms with E-state index >= 15 is 0 Å². The van der Waals surface area contributed by atoms with Gasteiger partial charge >= 0.3 is 0 Å². The summed E-state index contributed by atoms with van der Waals surface area (Å²) in [5.74, 6) is 1.78. The van der Waals surface area contributed by atoms with Crippen molar-refractivity contribution >= 4 is 5.69 Å². The van der Waals surface area contributed by atoms with Gasteiger partial charge in [0.15, 0.2) is 5.82 Å². The Morgan fingerprint density at radius 1 is 1.31 bits per heavy atom. The van der Waals surface area contributed by atoms with Gasteiger partial charge in [-0.05, 0) is 18.6 Å². The SMILES string of the molecule is Nc1cccc(-c2nnc3n2CCC3)c1O. The molecule has 5 heteroatoms. The molecule has 1 aromatic heterocycles. The van der Waals surface area contributed by atoms with Crippen LogP contribution in [0.1, 0.15) is 12.2 Å². The van der Waals surface area contributed by atoms with Crippen molar-refractivity contribution in [1.82, 2.24) is 14.8 Å². The van der Waals surface area contributed by atoms with Crippen LogP contribution in [0.5, 0.6) is 5.75 Å². The Balaban J connectivity index is 2.19. The van der Waals surface area contributed by atoms with Crippen molar-refractivity contribution in [3.05, 3.63) is 24.0 Å². The van der Waals surface area contributed by atoms with Crippen molar-refractivity contribution < 1.29 is 5.11 Å². The van der Waals surface area contributed by atoms with Crippen molar-refractivity contribution in [1.29, 1.82) is 0 Å². The maximum absolute atomic E-state index is 9.89. The summed E-state index contributed by atoms with van der Waals surface area (Å²) < 4.78 is 2.04. The van der Waals surface area contributed by atoms with Crippen LogP contribution in [-0.2, 0) is 13.0 Å². The number of nitrogens with two attached hydrogens (primary N) is 1. The molecule has 0 saturated heterocycles. The minimum atomic E-state index is 0.0876. The molecule has 1 aliphatic rings. The van der Waals surface area contributed by atoms with Gasteiger partial charge < -0.3 is 15.4 Å². The normalized spacial score (nSPS) is 14.0. The summed E-state index contributed by atoms with van der Waals surface area (Å²) in [6, 6.07) is 5.28. The van der Waals surface area contributed by atoms with E-state index in [-0.39, 0.29) is 5.75 Å². The summed E-state index contributed by atoms with van der Waals surface area (Å²) in [5.41, 5.74) is 6.69. The van der Waals surface area contributed by atoms with Gasteiger partial charge in [-0.25, -0.2) is 0 Å². The fraction of sp³-hybridized carbons (Fsp3) is 0.273. The highest BCUT2D eigenvalue weighted by Gasteiger charge is 2.20. The quantitative estimate of drug-likeness (QED) is 0.554. The van der Waals surface area contributed by atoms with Gasteiger partial charge in [-0.2, -0.15) is 0 Å². The van der Waals surface area contributed by atoms with Gasteiger partial charge in [-0.15, -0.1) is 10.2 Å². The lowest BCUT2D eigenvalue weighted by Crippen LogP contribution is -1.97. The minimum absolute atomic E-state index is 0.0876. The highest BCUT2D eigenvalue weighted by molar-refractivity contribution is 5.72. The van der Waals surface area contributed by atoms with Crippen LogP contribution in [0.2, 0.25) is 0 Å². The Morgan fingerprint density at radius 2 is 2.19 bits per heavy atom. The van der Waals surface area contributed by atoms with E-state index in [1.807, 2.05) is 4.57 Å². The van der Waals surface area contributed by atoms with Crippen molar-refractivity contribution in [2.24, 2.45) is 0 Å². The second kappa shape index (κ2) is 3.23. The van der Waals surface area contributed by atoms with Crippen LogP contribution in [-0.4, -0.2) is 19.9 Å². The summed E-state index contributed by atoms with van der Waals surface area (Å²) in [4.78, 5) is 0. The number of fused-ring (bicyclic) bond motifs is 1. The van der Waals surface area contributed by atoms with Gasteiger partial charge in [-0.3, -0.25) is 0 Å². The number of rotatable bonds is 1. The Labute approximate surface area is 92.5 Å². The summed E-state index contributed by atoms with van der Waals surface area (Å²) in [6.07, 6.45) is 2.04. The molecule has 0 atom stereocenters. The Bertz CT molecular complexity index is 547. The van der Waals surface area contributed by atoms with Gasteiger partial charge in [0.25, 0.3) is 0 Å². The summed E-state index contributed by atoms with van der Waals surface area (Å²) in [6.45, 7) is 0.909. The maximum Gasteiger partial charge on any atom is 0.167 e. The van der Waals surface area contributed by atoms with E-state index in [4.69, 9.17) is 5.73 Å². The van der Waals surface area contributed by atoms with E-state index in [1.54, 1.807) is 18.2 Å². The number of nitrogen functional groups attached to an aromatic ring is 1. The first-order valence-electron chi connectivity index (χ1n) is 5.27. The Kier molecular flexibility index (Phi) is 1.86. The predicted octanol–water partition coefficient (Wildman–Crippen LogP) is 1.18. The molecular weight excluding hydrogens is 204 g/mol. The number of aromatic nitrogens is 3. The van der Waals surface area contributed by atoms with Crippen LogP contribution in [0.15, 0.2) is 18.2 Å². The smallest absolute Gasteiger partial charge is 0.167 e. The highest BCUT2D eigenvalue weighted by Crippen LogP contribution is 2.33. The van der Waals surface area contributed by atoms with Crippen LogP contribution in [0, 0.1) is 0 Å². The van der Waals surface area contributed by atoms with Gasteiger partial charge in [0.1, 0.15) is 11.6 Å². The summed E-state index contributed by atoms with van der Waals surface area (Å²) in [5, 5.41) is 18.1. The van der Waals surface area contributed by atoms with E-state index in [2.05, 4.69) is 10.2 Å². The number of hydrogen-bond donors (Lipinski definition) is 2. The molecule has 2 aromatic rings. The molecule has 1 aliphatic heterocycles. The maximum atomic E-state index is 9.89. The molecular formula is C11H12N4O. The molecule has 3 N–H and O–H groups in total. The number of anilines is 1. The molecule has 82 valence electrons. The van der Waals surface area contributed by atoms with Gasteiger partial charge in [0.05, 0.1) is 11.3 Å². The molecule has 0 amide bonds. The molecule has 0 aliphatic carbocycles. The van der Waals surface area contributed by atoms with Crippen LogP contribution >= 0.6 is 0 Å². The van der Waals surface area contributed by atoms with Crippen molar-refractivity contribution in [2.45, 2.75) is 19.4 Å². The largest absolute Gasteiger partial charge is 0.505 e. The first kappa shape index (κ1) is 9.21. The fourth-order valence-corrected chi connectivity index (χ4v) is 2.09. The molecule has 3 rings (SSSR count). The number of hydrogen-bond acceptors (Lipinski definition) is 4. The van der Waals surface area contributed by atoms with Crippen LogP contribution in [0.4, 0.5) is 5.69 Å². The molecule has 0 fully saturated rings. The Hall–Kier alpha value is -2.04. The molecule has 0 spiro atoms. The molecule has 5 nitrogen and oxygen atoms in total. The van der Waals surface area contributed by atoms with Gasteiger partial charge in [0, 0.05) is 13.0 Å². The van der Waals surface area contributed by atoms with E-state index in [9.17, 15) is 5.11 Å². The Morgan fingerprint density at radius 3 is 3.06 bits per heavy atom. The second-order valence-corrected chi connectivity index (χ2v) is 3.94. The summed E-state index contributed by atoms with van der Waals surface area (Å²) >= 11 is 0. The third-order valence-corrected chi connectivity index (χ3v) is 2.92. The van der Waals surface area contributed by atoms with Crippen molar-refractivity contribution in [3.63, 3.8) is 0 Å². The zero-order valence-electron chi connectivity index (χ0n) is 8.72. The monoisotopic (exact) mass is 216 g/mol. The molecule has 16 heavy (non-hydrogen) atoms. The molecule has 0 bridgehead atoms. The van der Waals surface area contributed by atoms with Crippen LogP contribution in [0.3, 0.4) is 0 Å². The first-order chi connectivity index (χ1) is 7.77. The van der Waals surface area contributed by atoms with E-state index in [1.165, 1.54) is 0 Å². The van der Waals surface area contributed by atoms with Crippen molar-refractivity contribution in [3.8, 4) is 17.1 Å². The van der Waals surface area contributed by atoms with Gasteiger partial charge in [-0.1, -0.05) is 6.07 Å². The lowest BCUT2D eigenvalue weighted by molar-refractivity contribution is 0.479. The third-order valence-electron chi connectivity index (χ3n) is 2.92. The molecule has 0 saturated carbocycles. The fourth-order valence-electron chi connectivity index (χ4n) is 2.09. The van der Waals surface area contributed by atoms with Crippen molar-refractivity contribution in [2.75, 3.05) is 5.73 Å². The van der Waals surface area contributed by atoms with E-state index < -0.39 is 0 Å². The third kappa shape index (κ3) is 1.18. The lowest BCUT2D eigenvalue weighted by Gasteiger charge is -2.06. The van der Waals surface area contributed by atoms with E-state index in [0.717, 1.165) is 25.2 Å². The number of benzene rings is 1. The topological polar surface area (TPSA) is 77.0 Å². The van der Waals surface area contributed by atoms with E-state index in [0.29, 0.717) is 17.1 Å².